The molecule has 0 radical (unpaired) electrons. The van der Waals surface area contributed by atoms with Crippen molar-refractivity contribution in [1.82, 2.24) is 4.90 Å². The molecule has 1 rings (SSSR count). The van der Waals surface area contributed by atoms with Crippen LogP contribution in [-0.4, -0.2) is 43.6 Å². The van der Waals surface area contributed by atoms with Gasteiger partial charge in [-0.05, 0) is 24.5 Å². The minimum Gasteiger partial charge on any atom is -0.483 e. The highest BCUT2D eigenvalue weighted by Crippen LogP contribution is 2.25. The summed E-state index contributed by atoms with van der Waals surface area (Å²) in [6.45, 7) is 6.00. The summed E-state index contributed by atoms with van der Waals surface area (Å²) in [5.41, 5.74) is 1.05. The van der Waals surface area contributed by atoms with Gasteiger partial charge in [-0.25, -0.2) is 0 Å². The van der Waals surface area contributed by atoms with Gasteiger partial charge in [0.1, 0.15) is 12.3 Å². The second kappa shape index (κ2) is 8.29. The Labute approximate surface area is 125 Å². The van der Waals surface area contributed by atoms with Gasteiger partial charge in [0.25, 0.3) is 5.91 Å². The summed E-state index contributed by atoms with van der Waals surface area (Å²) in [4.78, 5) is 24.6. The maximum Gasteiger partial charge on any atom is 0.325 e. The third-order valence-electron chi connectivity index (χ3n) is 2.99. The van der Waals surface area contributed by atoms with Crippen LogP contribution >= 0.6 is 0 Å². The molecule has 0 saturated heterocycles. The molecular formula is C16H23NO4. The van der Waals surface area contributed by atoms with Crippen LogP contribution in [0.3, 0.4) is 0 Å². The molecule has 5 heteroatoms. The van der Waals surface area contributed by atoms with Gasteiger partial charge in [-0.2, -0.15) is 0 Å². The molecule has 0 unspecified atom stereocenters. The molecule has 0 saturated carbocycles. The summed E-state index contributed by atoms with van der Waals surface area (Å²) in [6.07, 6.45) is 0. The van der Waals surface area contributed by atoms with E-state index in [-0.39, 0.29) is 19.1 Å². The zero-order valence-electron chi connectivity index (χ0n) is 13.1. The Morgan fingerprint density at radius 2 is 1.90 bits per heavy atom. The SMILES string of the molecule is CCOC(=O)CN(C)C(=O)COc1ccccc1C(C)C. The van der Waals surface area contributed by atoms with Crippen LogP contribution in [0.15, 0.2) is 24.3 Å². The Kier molecular flexibility index (Phi) is 6.72. The average Bonchev–Trinajstić information content (AvgIpc) is 2.45. The number of benzene rings is 1. The number of amides is 1. The maximum absolute atomic E-state index is 11.9. The van der Waals surface area contributed by atoms with Crippen LogP contribution in [0.5, 0.6) is 5.75 Å². The topological polar surface area (TPSA) is 55.8 Å². The van der Waals surface area contributed by atoms with Gasteiger partial charge in [-0.1, -0.05) is 32.0 Å². The number of esters is 1. The Morgan fingerprint density at radius 3 is 2.52 bits per heavy atom. The number of likely N-dealkylation sites (N-methyl/N-ethyl adjacent to an activating group) is 1. The van der Waals surface area contributed by atoms with Crippen LogP contribution in [0.4, 0.5) is 0 Å². The van der Waals surface area contributed by atoms with Gasteiger partial charge in [0, 0.05) is 7.05 Å². The summed E-state index contributed by atoms with van der Waals surface area (Å²) in [7, 11) is 1.55. The van der Waals surface area contributed by atoms with E-state index in [1.165, 1.54) is 4.90 Å². The highest BCUT2D eigenvalue weighted by Gasteiger charge is 2.15. The first-order valence-corrected chi connectivity index (χ1v) is 7.07. The highest BCUT2D eigenvalue weighted by atomic mass is 16.5. The van der Waals surface area contributed by atoms with Gasteiger partial charge < -0.3 is 14.4 Å². The van der Waals surface area contributed by atoms with Crippen LogP contribution in [0.2, 0.25) is 0 Å². The molecule has 0 aliphatic carbocycles. The third-order valence-corrected chi connectivity index (χ3v) is 2.99. The first-order valence-electron chi connectivity index (χ1n) is 7.07. The number of para-hydroxylation sites is 1. The fourth-order valence-electron chi connectivity index (χ4n) is 1.83. The molecule has 1 aromatic rings. The predicted octanol–water partition coefficient (Wildman–Crippen LogP) is 2.21. The largest absolute Gasteiger partial charge is 0.483 e. The molecule has 0 N–H and O–H groups in total. The van der Waals surface area contributed by atoms with Crippen molar-refractivity contribution in [2.75, 3.05) is 26.8 Å². The van der Waals surface area contributed by atoms with E-state index < -0.39 is 5.97 Å². The van der Waals surface area contributed by atoms with Crippen LogP contribution in [0, 0.1) is 0 Å². The summed E-state index contributed by atoms with van der Waals surface area (Å²) >= 11 is 0. The van der Waals surface area contributed by atoms with Crippen molar-refractivity contribution < 1.29 is 19.1 Å². The lowest BCUT2D eigenvalue weighted by Gasteiger charge is -2.18. The second-order valence-corrected chi connectivity index (χ2v) is 5.04. The lowest BCUT2D eigenvalue weighted by molar-refractivity contribution is -0.148. The van der Waals surface area contributed by atoms with Gasteiger partial charge in [0.2, 0.25) is 0 Å². The van der Waals surface area contributed by atoms with Crippen LogP contribution in [0.25, 0.3) is 0 Å². The molecule has 1 amide bonds. The minimum atomic E-state index is -0.420. The molecule has 1 aromatic carbocycles. The average molecular weight is 293 g/mol. The first-order chi connectivity index (χ1) is 9.95. The quantitative estimate of drug-likeness (QED) is 0.723. The smallest absolute Gasteiger partial charge is 0.325 e. The number of ether oxygens (including phenoxy) is 2. The maximum atomic E-state index is 11.9. The molecule has 0 aliphatic heterocycles. The third kappa shape index (κ3) is 5.45. The standard InChI is InChI=1S/C16H23NO4/c1-5-20-16(19)10-17(4)15(18)11-21-14-9-7-6-8-13(14)12(2)3/h6-9,12H,5,10-11H2,1-4H3. The molecule has 0 aromatic heterocycles. The normalized spacial score (nSPS) is 10.3. The van der Waals surface area contributed by atoms with Crippen molar-refractivity contribution in [3.63, 3.8) is 0 Å². The Balaban J connectivity index is 2.55. The lowest BCUT2D eigenvalue weighted by Crippen LogP contribution is -2.36. The monoisotopic (exact) mass is 293 g/mol. The summed E-state index contributed by atoms with van der Waals surface area (Å²) in [6, 6.07) is 7.63. The van der Waals surface area contributed by atoms with Crippen molar-refractivity contribution in [3.05, 3.63) is 29.8 Å². The molecule has 0 atom stereocenters. The van der Waals surface area contributed by atoms with E-state index in [0.717, 1.165) is 5.56 Å². The Hall–Kier alpha value is -2.04. The molecule has 0 heterocycles. The van der Waals surface area contributed by atoms with E-state index in [1.54, 1.807) is 14.0 Å². The fraction of sp³-hybridized carbons (Fsp3) is 0.500. The van der Waals surface area contributed by atoms with E-state index in [1.807, 2.05) is 24.3 Å². The lowest BCUT2D eigenvalue weighted by atomic mass is 10.0. The van der Waals surface area contributed by atoms with Crippen molar-refractivity contribution in [3.8, 4) is 5.75 Å². The van der Waals surface area contributed by atoms with Crippen LogP contribution in [0.1, 0.15) is 32.3 Å². The molecule has 116 valence electrons. The van der Waals surface area contributed by atoms with Gasteiger partial charge in [0.05, 0.1) is 6.61 Å². The molecule has 21 heavy (non-hydrogen) atoms. The molecule has 5 nitrogen and oxygen atoms in total. The number of hydrogen-bond acceptors (Lipinski definition) is 4. The number of nitrogens with zero attached hydrogens (tertiary/aromatic N) is 1. The van der Waals surface area contributed by atoms with E-state index >= 15 is 0 Å². The van der Waals surface area contributed by atoms with Crippen LogP contribution in [-0.2, 0) is 14.3 Å². The predicted molar refractivity (Wildman–Crippen MR) is 80.3 cm³/mol. The van der Waals surface area contributed by atoms with E-state index in [4.69, 9.17) is 9.47 Å². The molecular weight excluding hydrogens is 270 g/mol. The zero-order chi connectivity index (χ0) is 15.8. The number of carbonyl (C=O) groups is 2. The minimum absolute atomic E-state index is 0.0676. The van der Waals surface area contributed by atoms with E-state index in [2.05, 4.69) is 13.8 Å². The number of carbonyl (C=O) groups excluding carboxylic acids is 2. The first kappa shape index (κ1) is 17.0. The van der Waals surface area contributed by atoms with Gasteiger partial charge in [0.15, 0.2) is 6.61 Å². The summed E-state index contributed by atoms with van der Waals surface area (Å²) < 4.78 is 10.4. The number of rotatable bonds is 7. The van der Waals surface area contributed by atoms with Gasteiger partial charge >= 0.3 is 5.97 Å². The van der Waals surface area contributed by atoms with E-state index in [0.29, 0.717) is 18.3 Å². The van der Waals surface area contributed by atoms with Gasteiger partial charge in [-0.15, -0.1) is 0 Å². The molecule has 0 aliphatic rings. The molecule has 0 fully saturated rings. The number of hydrogen-bond donors (Lipinski definition) is 0. The zero-order valence-corrected chi connectivity index (χ0v) is 13.1. The van der Waals surface area contributed by atoms with Crippen molar-refractivity contribution >= 4 is 11.9 Å². The van der Waals surface area contributed by atoms with Crippen molar-refractivity contribution in [1.29, 1.82) is 0 Å². The summed E-state index contributed by atoms with van der Waals surface area (Å²) in [5.74, 6) is 0.330. The van der Waals surface area contributed by atoms with E-state index in [9.17, 15) is 9.59 Å². The van der Waals surface area contributed by atoms with Crippen LogP contribution < -0.4 is 4.74 Å². The fourth-order valence-corrected chi connectivity index (χ4v) is 1.83. The van der Waals surface area contributed by atoms with Crippen molar-refractivity contribution in [2.24, 2.45) is 0 Å². The Morgan fingerprint density at radius 1 is 1.24 bits per heavy atom. The van der Waals surface area contributed by atoms with Gasteiger partial charge in [-0.3, -0.25) is 9.59 Å². The summed E-state index contributed by atoms with van der Waals surface area (Å²) in [5, 5.41) is 0. The molecule has 0 bridgehead atoms. The second-order valence-electron chi connectivity index (χ2n) is 5.04. The molecule has 0 spiro atoms. The highest BCUT2D eigenvalue weighted by molar-refractivity contribution is 5.82. The van der Waals surface area contributed by atoms with Crippen molar-refractivity contribution in [2.45, 2.75) is 26.7 Å². The Bertz CT molecular complexity index is 485.